The molecular weight excluding hydrogens is 693 g/mol. The number of rotatable bonds is 18. The first kappa shape index (κ1) is 39.3. The van der Waals surface area contributed by atoms with Crippen molar-refractivity contribution in [3.05, 3.63) is 120 Å². The summed E-state index contributed by atoms with van der Waals surface area (Å²) in [5.41, 5.74) is 3.40. The summed E-state index contributed by atoms with van der Waals surface area (Å²) in [4.78, 5) is 70.3. The average Bonchev–Trinajstić information content (AvgIpc) is 3.13. The van der Waals surface area contributed by atoms with Crippen molar-refractivity contribution in [3.63, 3.8) is 0 Å². The molecule has 0 aliphatic heterocycles. The summed E-state index contributed by atoms with van der Waals surface area (Å²) in [6.07, 6.45) is 1.25. The van der Waals surface area contributed by atoms with Crippen LogP contribution in [0.3, 0.4) is 0 Å². The number of nitrogens with one attached hydrogen (secondary N) is 3. The van der Waals surface area contributed by atoms with Crippen molar-refractivity contribution in [2.45, 2.75) is 58.2 Å². The Morgan fingerprint density at radius 1 is 0.750 bits per heavy atom. The van der Waals surface area contributed by atoms with Crippen LogP contribution in [0.1, 0.15) is 37.0 Å². The van der Waals surface area contributed by atoms with E-state index in [2.05, 4.69) is 25.7 Å². The fourth-order valence-corrected chi connectivity index (χ4v) is 5.96. The van der Waals surface area contributed by atoms with Crippen molar-refractivity contribution in [1.82, 2.24) is 25.7 Å². The number of hydrogen-bond donors (Lipinski definition) is 5. The minimum atomic E-state index is -5.11. The molecule has 1 heterocycles. The number of alkyl carbamates (subject to hydrolysis) is 1. The Kier molecular flexibility index (Phi) is 14.5. The zero-order valence-corrected chi connectivity index (χ0v) is 29.3. The largest absolute Gasteiger partial charge is 0.480 e. The number of carboxylic acids is 1. The molecule has 4 atom stereocenters. The Bertz CT molecular complexity index is 1820. The number of nitrogens with zero attached hydrogens (tertiary/aromatic N) is 2. The molecule has 274 valence electrons. The van der Waals surface area contributed by atoms with Crippen LogP contribution in [0.15, 0.2) is 104 Å². The fraction of sp³-hybridized carbons (Fsp3) is 0.278. The molecule has 16 heteroatoms. The third kappa shape index (κ3) is 13.0. The van der Waals surface area contributed by atoms with Gasteiger partial charge in [0, 0.05) is 24.4 Å². The molecule has 0 bridgehead atoms. The number of aliphatic carboxylic acids is 1. The summed E-state index contributed by atoms with van der Waals surface area (Å²) < 4.78 is 29.0. The van der Waals surface area contributed by atoms with Crippen molar-refractivity contribution < 1.29 is 47.7 Å². The van der Waals surface area contributed by atoms with Gasteiger partial charge in [-0.05, 0) is 34.6 Å². The highest BCUT2D eigenvalue weighted by atomic mass is 31.2. The topological polar surface area (TPSA) is 215 Å². The van der Waals surface area contributed by atoms with Crippen LogP contribution in [0.2, 0.25) is 0 Å². The van der Waals surface area contributed by atoms with Crippen LogP contribution in [0.25, 0.3) is 11.1 Å². The number of ether oxygens (including phenoxy) is 2. The molecule has 0 aliphatic carbocycles. The number of carbonyl (C=O) groups excluding carboxylic acids is 3. The first-order chi connectivity index (χ1) is 24.9. The number of aromatic nitrogens is 2. The van der Waals surface area contributed by atoms with E-state index in [0.717, 1.165) is 11.1 Å². The van der Waals surface area contributed by atoms with Gasteiger partial charge in [-0.2, -0.15) is 0 Å². The van der Waals surface area contributed by atoms with Crippen LogP contribution < -0.4 is 15.7 Å². The Hall–Kier alpha value is -5.47. The molecule has 0 saturated carbocycles. The van der Waals surface area contributed by atoms with Gasteiger partial charge in [0.1, 0.15) is 25.6 Å². The van der Waals surface area contributed by atoms with E-state index in [9.17, 15) is 33.7 Å². The fourth-order valence-electron chi connectivity index (χ4n) is 4.85. The highest BCUT2D eigenvalue weighted by Gasteiger charge is 2.37. The lowest BCUT2D eigenvalue weighted by Gasteiger charge is -2.26. The van der Waals surface area contributed by atoms with E-state index in [0.29, 0.717) is 16.7 Å². The highest BCUT2D eigenvalue weighted by Crippen LogP contribution is 2.40. The molecule has 5 N–H and O–H groups in total. The number of carbonyl (C=O) groups is 4. The van der Waals surface area contributed by atoms with Gasteiger partial charge < -0.3 is 24.8 Å². The molecule has 0 radical (unpaired) electrons. The summed E-state index contributed by atoms with van der Waals surface area (Å²) in [5.74, 6) is -3.69. The van der Waals surface area contributed by atoms with Gasteiger partial charge in [-0.25, -0.2) is 34.0 Å². The van der Waals surface area contributed by atoms with Gasteiger partial charge in [-0.1, -0.05) is 98.8 Å². The van der Waals surface area contributed by atoms with E-state index >= 15 is 0 Å². The van der Waals surface area contributed by atoms with E-state index < -0.39 is 50.0 Å². The van der Waals surface area contributed by atoms with Crippen LogP contribution in [-0.2, 0) is 52.6 Å². The minimum absolute atomic E-state index is 0.0322. The Labute approximate surface area is 300 Å². The number of carboxylic acid groups (broad SMARTS) is 1. The number of amides is 2. The van der Waals surface area contributed by atoms with E-state index in [-0.39, 0.29) is 32.0 Å². The predicted octanol–water partition coefficient (Wildman–Crippen LogP) is 4.37. The molecule has 1 aromatic heterocycles. The van der Waals surface area contributed by atoms with Gasteiger partial charge >= 0.3 is 25.8 Å². The maximum absolute atomic E-state index is 13.5. The lowest BCUT2D eigenvalue weighted by atomic mass is 10.0. The van der Waals surface area contributed by atoms with Gasteiger partial charge in [-0.3, -0.25) is 14.6 Å². The zero-order valence-electron chi connectivity index (χ0n) is 28.5. The zero-order chi connectivity index (χ0) is 37.5. The Morgan fingerprint density at radius 3 is 1.88 bits per heavy atom. The molecule has 15 nitrogen and oxygen atoms in total. The van der Waals surface area contributed by atoms with E-state index in [1.165, 1.54) is 6.33 Å². The Balaban J connectivity index is 1.45. The average molecular weight is 734 g/mol. The summed E-state index contributed by atoms with van der Waals surface area (Å²) in [5, 5.41) is 16.7. The van der Waals surface area contributed by atoms with Crippen LogP contribution >= 0.6 is 7.75 Å². The molecule has 3 aromatic carbocycles. The van der Waals surface area contributed by atoms with Crippen LogP contribution in [0.4, 0.5) is 4.79 Å². The third-order valence-corrected chi connectivity index (χ3v) is 8.53. The summed E-state index contributed by atoms with van der Waals surface area (Å²) >= 11 is 0. The first-order valence-corrected chi connectivity index (χ1v) is 17.8. The molecule has 0 fully saturated rings. The molecule has 2 unspecified atom stereocenters. The van der Waals surface area contributed by atoms with Crippen LogP contribution in [-0.4, -0.2) is 62.2 Å². The van der Waals surface area contributed by atoms with Gasteiger partial charge in [0.2, 0.25) is 12.1 Å². The third-order valence-electron chi connectivity index (χ3n) is 7.39. The normalized spacial score (nSPS) is 13.9. The smallest absolute Gasteiger partial charge is 0.409 e. The van der Waals surface area contributed by atoms with E-state index in [1.54, 1.807) is 111 Å². The maximum atomic E-state index is 13.5. The van der Waals surface area contributed by atoms with Gasteiger partial charge in [0.05, 0.1) is 6.04 Å². The van der Waals surface area contributed by atoms with Crippen molar-refractivity contribution in [1.29, 1.82) is 0 Å². The SMILES string of the molecule is CC(C)C[C@H](NP(=O)(O)OC(NC(=O)OCc1ccccc1)C(=O)OCc1ccccc1)C(=O)N[C@@H](Cc1ccc(-c2cncnc2)cc1)C(=O)O. The predicted molar refractivity (Wildman–Crippen MR) is 188 cm³/mol. The number of benzene rings is 3. The van der Waals surface area contributed by atoms with E-state index in [1.807, 2.05) is 0 Å². The van der Waals surface area contributed by atoms with Crippen LogP contribution in [0.5, 0.6) is 0 Å². The molecule has 4 rings (SSSR count). The second-order valence-electron chi connectivity index (χ2n) is 12.0. The quantitative estimate of drug-likeness (QED) is 0.0546. The van der Waals surface area contributed by atoms with Gasteiger partial charge in [0.25, 0.3) is 0 Å². The molecular formula is C36H40N5O10P. The number of hydrogen-bond acceptors (Lipinski definition) is 10. The van der Waals surface area contributed by atoms with E-state index in [4.69, 9.17) is 14.0 Å². The summed E-state index contributed by atoms with van der Waals surface area (Å²) in [6.45, 7) is 3.06. The molecule has 0 spiro atoms. The number of esters is 1. The summed E-state index contributed by atoms with van der Waals surface area (Å²) in [6, 6.07) is 21.3. The molecule has 0 saturated heterocycles. The van der Waals surface area contributed by atoms with Crippen molar-refractivity contribution in [2.75, 3.05) is 0 Å². The molecule has 4 aromatic rings. The van der Waals surface area contributed by atoms with Crippen LogP contribution in [0, 0.1) is 5.92 Å². The summed E-state index contributed by atoms with van der Waals surface area (Å²) in [7, 11) is -5.11. The standard InChI is InChI=1S/C36H40N5O10P/c1-24(2)17-30(32(42)39-31(34(43)44)18-25-13-15-28(16-14-25)29-19-37-23-38-20-29)41-52(47,48)51-33(35(45)49-21-26-9-5-3-6-10-26)40-36(46)50-22-27-11-7-4-8-12-27/h3-16,19-20,23-24,30-31,33H,17-18,21-22H2,1-2H3,(H,39,42)(H,40,46)(H,43,44)(H2,41,47,48)/t30-,31-,33?/m0/s1. The minimum Gasteiger partial charge on any atom is -0.480 e. The molecule has 52 heavy (non-hydrogen) atoms. The van der Waals surface area contributed by atoms with Crippen molar-refractivity contribution >= 4 is 31.7 Å². The molecule has 0 aliphatic rings. The van der Waals surface area contributed by atoms with Gasteiger partial charge in [0.15, 0.2) is 0 Å². The van der Waals surface area contributed by atoms with Crippen molar-refractivity contribution in [2.24, 2.45) is 5.92 Å². The van der Waals surface area contributed by atoms with Crippen molar-refractivity contribution in [3.8, 4) is 11.1 Å². The van der Waals surface area contributed by atoms with Gasteiger partial charge in [-0.15, -0.1) is 0 Å². The lowest BCUT2D eigenvalue weighted by Crippen LogP contribution is -2.51. The first-order valence-electron chi connectivity index (χ1n) is 16.2. The Morgan fingerprint density at radius 2 is 1.33 bits per heavy atom. The highest BCUT2D eigenvalue weighted by molar-refractivity contribution is 7.50. The second kappa shape index (κ2) is 19.2. The monoisotopic (exact) mass is 733 g/mol. The maximum Gasteiger partial charge on any atom is 0.409 e. The lowest BCUT2D eigenvalue weighted by molar-refractivity contribution is -0.155. The molecule has 2 amide bonds. The second-order valence-corrected chi connectivity index (χ2v) is 13.6.